The van der Waals surface area contributed by atoms with Crippen molar-refractivity contribution in [2.75, 3.05) is 38.6 Å². The molecule has 0 saturated carbocycles. The van der Waals surface area contributed by atoms with Crippen LogP contribution in [0.4, 0.5) is 5.69 Å². The summed E-state index contributed by atoms with van der Waals surface area (Å²) in [6.45, 7) is 5.26. The number of rotatable bonds is 7. The standard InChI is InChI=1S/C29H33N3O5/c1-5-13-31-22-10-7-6-9-21(22)29(28(31)36)24(26(34)27(35)32(29)15-8-14-30(3)4)25(33)19-11-12-23-20(17-19)16-18(2)37-23/h6-7,9-12,17-18,33H,5,8,13-16H2,1-4H3/t18-,29+/m1/s1. The summed E-state index contributed by atoms with van der Waals surface area (Å²) >= 11 is 0. The number of Topliss-reactive ketones (excluding diaryl/α,β-unsaturated/α-hetero) is 1. The fourth-order valence-electron chi connectivity index (χ4n) is 5.87. The van der Waals surface area contributed by atoms with Crippen LogP contribution in [0.3, 0.4) is 0 Å². The van der Waals surface area contributed by atoms with E-state index in [9.17, 15) is 19.5 Å². The molecule has 2 aromatic carbocycles. The van der Waals surface area contributed by atoms with E-state index in [1.54, 1.807) is 35.2 Å². The highest BCUT2D eigenvalue weighted by molar-refractivity contribution is 6.50. The van der Waals surface area contributed by atoms with Gasteiger partial charge < -0.3 is 24.5 Å². The van der Waals surface area contributed by atoms with Crippen LogP contribution in [-0.2, 0) is 26.3 Å². The fraction of sp³-hybridized carbons (Fsp3) is 0.414. The minimum Gasteiger partial charge on any atom is -0.507 e. The van der Waals surface area contributed by atoms with Crippen molar-refractivity contribution in [1.82, 2.24) is 9.80 Å². The fourth-order valence-corrected chi connectivity index (χ4v) is 5.87. The van der Waals surface area contributed by atoms with Gasteiger partial charge in [0.1, 0.15) is 17.6 Å². The molecule has 37 heavy (non-hydrogen) atoms. The van der Waals surface area contributed by atoms with E-state index >= 15 is 0 Å². The summed E-state index contributed by atoms with van der Waals surface area (Å²) in [5.74, 6) is -1.58. The van der Waals surface area contributed by atoms with Crippen molar-refractivity contribution >= 4 is 29.0 Å². The molecule has 2 atom stereocenters. The minimum atomic E-state index is -1.71. The number of carbonyl (C=O) groups is 3. The highest BCUT2D eigenvalue weighted by Gasteiger charge is 2.66. The van der Waals surface area contributed by atoms with Crippen molar-refractivity contribution in [3.05, 3.63) is 64.7 Å². The summed E-state index contributed by atoms with van der Waals surface area (Å²) in [6, 6.07) is 12.5. The number of para-hydroxylation sites is 1. The van der Waals surface area contributed by atoms with Gasteiger partial charge in [-0.3, -0.25) is 14.4 Å². The van der Waals surface area contributed by atoms with Crippen molar-refractivity contribution < 1.29 is 24.2 Å². The molecule has 1 fully saturated rings. The van der Waals surface area contributed by atoms with Crippen LogP contribution < -0.4 is 9.64 Å². The average molecular weight is 504 g/mol. The number of amides is 2. The number of aliphatic hydroxyl groups is 1. The molecule has 3 aliphatic rings. The van der Waals surface area contributed by atoms with Crippen molar-refractivity contribution in [3.63, 3.8) is 0 Å². The number of hydrogen-bond donors (Lipinski definition) is 1. The average Bonchev–Trinajstić information content (AvgIpc) is 3.44. The molecule has 8 nitrogen and oxygen atoms in total. The summed E-state index contributed by atoms with van der Waals surface area (Å²) in [5.41, 5.74) is 0.649. The Balaban J connectivity index is 1.73. The van der Waals surface area contributed by atoms with Gasteiger partial charge in [0.25, 0.3) is 17.6 Å². The molecule has 194 valence electrons. The SMILES string of the molecule is CCCN1C(=O)[C@@]2(C(=C(O)c3ccc4c(c3)C[C@@H](C)O4)C(=O)C(=O)N2CCCN(C)C)c2ccccc21. The molecule has 2 amide bonds. The second kappa shape index (κ2) is 9.34. The van der Waals surface area contributed by atoms with E-state index in [1.807, 2.05) is 45.0 Å². The molecule has 0 aromatic heterocycles. The summed E-state index contributed by atoms with van der Waals surface area (Å²) in [5, 5.41) is 11.7. The van der Waals surface area contributed by atoms with E-state index < -0.39 is 17.2 Å². The number of aliphatic hydroxyl groups excluding tert-OH is 1. The Morgan fingerprint density at radius 3 is 2.62 bits per heavy atom. The molecule has 0 bridgehead atoms. The lowest BCUT2D eigenvalue weighted by Gasteiger charge is -2.34. The smallest absolute Gasteiger partial charge is 0.296 e. The lowest BCUT2D eigenvalue weighted by atomic mass is 9.81. The van der Waals surface area contributed by atoms with E-state index in [2.05, 4.69) is 0 Å². The quantitative estimate of drug-likeness (QED) is 0.354. The normalized spacial score (nSPS) is 23.8. The van der Waals surface area contributed by atoms with Crippen molar-refractivity contribution in [2.45, 2.75) is 44.8 Å². The van der Waals surface area contributed by atoms with Crippen molar-refractivity contribution in [3.8, 4) is 5.75 Å². The molecular weight excluding hydrogens is 470 g/mol. The molecule has 0 unspecified atom stereocenters. The number of fused-ring (bicyclic) bond motifs is 3. The van der Waals surface area contributed by atoms with E-state index in [4.69, 9.17) is 4.74 Å². The zero-order valence-electron chi connectivity index (χ0n) is 21.8. The van der Waals surface area contributed by atoms with Gasteiger partial charge in [0.2, 0.25) is 0 Å². The van der Waals surface area contributed by atoms with Crippen LogP contribution >= 0.6 is 0 Å². The maximum atomic E-state index is 14.4. The molecule has 1 saturated heterocycles. The van der Waals surface area contributed by atoms with Gasteiger partial charge in [0, 0.05) is 30.6 Å². The zero-order chi connectivity index (χ0) is 26.5. The molecule has 1 N–H and O–H groups in total. The molecule has 5 rings (SSSR count). The van der Waals surface area contributed by atoms with E-state index in [0.717, 1.165) is 11.3 Å². The minimum absolute atomic E-state index is 0.0131. The number of carbonyl (C=O) groups excluding carboxylic acids is 3. The van der Waals surface area contributed by atoms with Crippen LogP contribution in [0.2, 0.25) is 0 Å². The number of ketones is 1. The molecule has 3 aliphatic heterocycles. The van der Waals surface area contributed by atoms with Gasteiger partial charge in [-0.25, -0.2) is 0 Å². The van der Waals surface area contributed by atoms with Gasteiger partial charge in [-0.2, -0.15) is 0 Å². The first-order valence-electron chi connectivity index (χ1n) is 12.9. The topological polar surface area (TPSA) is 90.4 Å². The van der Waals surface area contributed by atoms with Gasteiger partial charge in [-0.15, -0.1) is 0 Å². The van der Waals surface area contributed by atoms with Crippen molar-refractivity contribution in [2.24, 2.45) is 0 Å². The van der Waals surface area contributed by atoms with Gasteiger partial charge in [-0.05, 0) is 70.2 Å². The van der Waals surface area contributed by atoms with E-state index in [-0.39, 0.29) is 29.9 Å². The second-order valence-electron chi connectivity index (χ2n) is 10.3. The Bertz CT molecular complexity index is 1320. The first-order valence-corrected chi connectivity index (χ1v) is 12.9. The van der Waals surface area contributed by atoms with E-state index in [0.29, 0.717) is 49.2 Å². The summed E-state index contributed by atoms with van der Waals surface area (Å²) in [7, 11) is 3.86. The molecule has 1 spiro atoms. The van der Waals surface area contributed by atoms with Gasteiger partial charge in [0.15, 0.2) is 5.54 Å². The predicted octanol–water partition coefficient (Wildman–Crippen LogP) is 3.29. The Hall–Kier alpha value is -3.65. The monoisotopic (exact) mass is 503 g/mol. The van der Waals surface area contributed by atoms with Gasteiger partial charge in [-0.1, -0.05) is 25.1 Å². The molecule has 3 heterocycles. The lowest BCUT2D eigenvalue weighted by Crippen LogP contribution is -2.52. The lowest BCUT2D eigenvalue weighted by molar-refractivity contribution is -0.143. The summed E-state index contributed by atoms with van der Waals surface area (Å²) in [6.07, 6.45) is 1.96. The zero-order valence-corrected chi connectivity index (χ0v) is 21.8. The van der Waals surface area contributed by atoms with Crippen LogP contribution in [0.1, 0.15) is 43.4 Å². The highest BCUT2D eigenvalue weighted by Crippen LogP contribution is 2.53. The van der Waals surface area contributed by atoms with Crippen LogP contribution in [0.5, 0.6) is 5.75 Å². The molecule has 0 radical (unpaired) electrons. The highest BCUT2D eigenvalue weighted by atomic mass is 16.5. The number of anilines is 1. The van der Waals surface area contributed by atoms with Crippen LogP contribution in [0, 0.1) is 0 Å². The van der Waals surface area contributed by atoms with Crippen LogP contribution in [0.15, 0.2) is 48.0 Å². The number of nitrogens with zero attached hydrogens (tertiary/aromatic N) is 3. The Kier molecular flexibility index (Phi) is 6.31. The third kappa shape index (κ3) is 3.73. The number of likely N-dealkylation sites (tertiary alicyclic amines) is 1. The van der Waals surface area contributed by atoms with E-state index in [1.165, 1.54) is 4.90 Å². The first-order chi connectivity index (χ1) is 17.7. The Morgan fingerprint density at radius 1 is 1.14 bits per heavy atom. The number of hydrogen-bond acceptors (Lipinski definition) is 6. The Labute approximate surface area is 217 Å². The van der Waals surface area contributed by atoms with Crippen LogP contribution in [-0.4, -0.2) is 72.3 Å². The predicted molar refractivity (Wildman–Crippen MR) is 140 cm³/mol. The summed E-state index contributed by atoms with van der Waals surface area (Å²) < 4.78 is 5.79. The molecule has 0 aliphatic carbocycles. The molecular formula is C29H33N3O5. The first kappa shape index (κ1) is 25.0. The summed E-state index contributed by atoms with van der Waals surface area (Å²) in [4.78, 5) is 46.6. The third-order valence-corrected chi connectivity index (χ3v) is 7.41. The maximum Gasteiger partial charge on any atom is 0.296 e. The Morgan fingerprint density at radius 2 is 1.89 bits per heavy atom. The second-order valence-corrected chi connectivity index (χ2v) is 10.3. The maximum absolute atomic E-state index is 14.4. The third-order valence-electron chi connectivity index (χ3n) is 7.41. The number of benzene rings is 2. The van der Waals surface area contributed by atoms with Crippen LogP contribution in [0.25, 0.3) is 5.76 Å². The largest absolute Gasteiger partial charge is 0.507 e. The van der Waals surface area contributed by atoms with Gasteiger partial charge >= 0.3 is 0 Å². The van der Waals surface area contributed by atoms with Gasteiger partial charge in [0.05, 0.1) is 11.3 Å². The molecule has 8 heteroatoms. The molecule has 2 aromatic rings. The number of ether oxygens (including phenoxy) is 1. The van der Waals surface area contributed by atoms with Crippen molar-refractivity contribution in [1.29, 1.82) is 0 Å².